The second-order valence-electron chi connectivity index (χ2n) is 3.47. The van der Waals surface area contributed by atoms with Crippen LogP contribution in [0.15, 0.2) is 35.3 Å². The van der Waals surface area contributed by atoms with Gasteiger partial charge < -0.3 is 15.8 Å². The number of benzene rings is 1. The number of aromatic nitrogens is 1. The molecule has 16 heavy (non-hydrogen) atoms. The number of carboxylic acids is 1. The lowest BCUT2D eigenvalue weighted by molar-refractivity contribution is -0.138. The van der Waals surface area contributed by atoms with Gasteiger partial charge in [0.1, 0.15) is 6.04 Å². The highest BCUT2D eigenvalue weighted by Gasteiger charge is 2.14. The zero-order chi connectivity index (χ0) is 11.7. The summed E-state index contributed by atoms with van der Waals surface area (Å²) in [5.74, 6) is -1.12. The summed E-state index contributed by atoms with van der Waals surface area (Å²) in [6, 6.07) is 5.44. The SMILES string of the molecule is NC(C(=O)O)c1ccc2cc[nH]c(=O)c2c1. The lowest BCUT2D eigenvalue weighted by Gasteiger charge is -2.07. The fraction of sp³-hybridized carbons (Fsp3) is 0.0909. The molecule has 0 bridgehead atoms. The highest BCUT2D eigenvalue weighted by atomic mass is 16.4. The molecule has 1 atom stereocenters. The maximum absolute atomic E-state index is 11.5. The summed E-state index contributed by atoms with van der Waals surface area (Å²) in [7, 11) is 0. The number of nitrogens with one attached hydrogen (secondary N) is 1. The molecule has 5 heteroatoms. The minimum atomic E-state index is -1.12. The molecule has 1 aromatic heterocycles. The van der Waals surface area contributed by atoms with Crippen LogP contribution in [-0.2, 0) is 4.79 Å². The van der Waals surface area contributed by atoms with Gasteiger partial charge in [-0.3, -0.25) is 9.59 Å². The van der Waals surface area contributed by atoms with Gasteiger partial charge in [0.2, 0.25) is 0 Å². The van der Waals surface area contributed by atoms with Crippen LogP contribution in [0.4, 0.5) is 0 Å². The number of nitrogens with two attached hydrogens (primary N) is 1. The van der Waals surface area contributed by atoms with Gasteiger partial charge in [-0.05, 0) is 23.1 Å². The van der Waals surface area contributed by atoms with E-state index in [1.165, 1.54) is 6.07 Å². The lowest BCUT2D eigenvalue weighted by Crippen LogP contribution is -2.20. The number of H-pyrrole nitrogens is 1. The molecule has 2 aromatic rings. The van der Waals surface area contributed by atoms with E-state index < -0.39 is 12.0 Å². The zero-order valence-electron chi connectivity index (χ0n) is 8.31. The quantitative estimate of drug-likeness (QED) is 0.688. The molecule has 82 valence electrons. The van der Waals surface area contributed by atoms with E-state index in [1.54, 1.807) is 24.4 Å². The number of carbonyl (C=O) groups is 1. The number of hydrogen-bond acceptors (Lipinski definition) is 3. The maximum Gasteiger partial charge on any atom is 0.325 e. The van der Waals surface area contributed by atoms with Crippen molar-refractivity contribution < 1.29 is 9.90 Å². The van der Waals surface area contributed by atoms with Crippen LogP contribution in [-0.4, -0.2) is 16.1 Å². The largest absolute Gasteiger partial charge is 0.480 e. The molecule has 0 aliphatic rings. The summed E-state index contributed by atoms with van der Waals surface area (Å²) in [5, 5.41) is 9.96. The van der Waals surface area contributed by atoms with Gasteiger partial charge in [-0.15, -0.1) is 0 Å². The Bertz CT molecular complexity index is 603. The first-order valence-corrected chi connectivity index (χ1v) is 4.69. The van der Waals surface area contributed by atoms with Gasteiger partial charge >= 0.3 is 5.97 Å². The van der Waals surface area contributed by atoms with E-state index in [-0.39, 0.29) is 5.56 Å². The Labute approximate surface area is 90.5 Å². The smallest absolute Gasteiger partial charge is 0.325 e. The molecule has 1 unspecified atom stereocenters. The van der Waals surface area contributed by atoms with Crippen molar-refractivity contribution in [1.82, 2.24) is 4.98 Å². The molecule has 0 radical (unpaired) electrons. The predicted octanol–water partition coefficient (Wildman–Crippen LogP) is 0.613. The lowest BCUT2D eigenvalue weighted by atomic mass is 10.0. The van der Waals surface area contributed by atoms with Gasteiger partial charge in [0.25, 0.3) is 5.56 Å². The molecule has 0 spiro atoms. The van der Waals surface area contributed by atoms with Crippen LogP contribution >= 0.6 is 0 Å². The van der Waals surface area contributed by atoms with Crippen molar-refractivity contribution in [2.24, 2.45) is 5.73 Å². The van der Waals surface area contributed by atoms with Crippen molar-refractivity contribution in [2.45, 2.75) is 6.04 Å². The monoisotopic (exact) mass is 218 g/mol. The van der Waals surface area contributed by atoms with Crippen molar-refractivity contribution >= 4 is 16.7 Å². The average molecular weight is 218 g/mol. The third kappa shape index (κ3) is 1.68. The molecule has 0 aliphatic carbocycles. The van der Waals surface area contributed by atoms with Crippen molar-refractivity contribution in [2.75, 3.05) is 0 Å². The summed E-state index contributed by atoms with van der Waals surface area (Å²) in [6.45, 7) is 0. The summed E-state index contributed by atoms with van der Waals surface area (Å²) in [5.41, 5.74) is 5.63. The predicted molar refractivity (Wildman–Crippen MR) is 59.1 cm³/mol. The third-order valence-corrected chi connectivity index (χ3v) is 2.42. The molecule has 2 rings (SSSR count). The van der Waals surface area contributed by atoms with Crippen molar-refractivity contribution in [1.29, 1.82) is 0 Å². The number of aliphatic carboxylic acids is 1. The molecule has 0 saturated heterocycles. The Balaban J connectivity index is 2.64. The molecule has 4 N–H and O–H groups in total. The second-order valence-corrected chi connectivity index (χ2v) is 3.47. The van der Waals surface area contributed by atoms with Gasteiger partial charge in [-0.25, -0.2) is 0 Å². The van der Waals surface area contributed by atoms with Gasteiger partial charge in [0.05, 0.1) is 0 Å². The van der Waals surface area contributed by atoms with Gasteiger partial charge in [-0.1, -0.05) is 12.1 Å². The zero-order valence-corrected chi connectivity index (χ0v) is 8.31. The number of hydrogen-bond donors (Lipinski definition) is 3. The van der Waals surface area contributed by atoms with Crippen LogP contribution in [0.2, 0.25) is 0 Å². The van der Waals surface area contributed by atoms with Gasteiger partial charge in [-0.2, -0.15) is 0 Å². The Kier molecular flexibility index (Phi) is 2.46. The molecule has 0 saturated carbocycles. The van der Waals surface area contributed by atoms with E-state index in [0.29, 0.717) is 10.9 Å². The van der Waals surface area contributed by atoms with E-state index >= 15 is 0 Å². The third-order valence-electron chi connectivity index (χ3n) is 2.42. The van der Waals surface area contributed by atoms with Gasteiger partial charge in [0, 0.05) is 11.6 Å². The van der Waals surface area contributed by atoms with E-state index in [2.05, 4.69) is 4.98 Å². The summed E-state index contributed by atoms with van der Waals surface area (Å²) in [6.07, 6.45) is 1.54. The molecule has 0 amide bonds. The fourth-order valence-electron chi connectivity index (χ4n) is 1.54. The Morgan fingerprint density at radius 3 is 2.81 bits per heavy atom. The Hall–Kier alpha value is -2.14. The molecular formula is C11H10N2O3. The van der Waals surface area contributed by atoms with Crippen LogP contribution in [0, 0.1) is 0 Å². The second kappa shape index (κ2) is 3.79. The first kappa shape index (κ1) is 10.4. The van der Waals surface area contributed by atoms with Crippen LogP contribution in [0.25, 0.3) is 10.8 Å². The molecule has 5 nitrogen and oxygen atoms in total. The van der Waals surface area contributed by atoms with Crippen LogP contribution in [0.1, 0.15) is 11.6 Å². The standard InChI is InChI=1S/C11H10N2O3/c12-9(11(15)16)7-2-1-6-3-4-13-10(14)8(6)5-7/h1-5,9H,12H2,(H,13,14)(H,15,16). The molecule has 1 heterocycles. The topological polar surface area (TPSA) is 96.2 Å². The first-order valence-electron chi connectivity index (χ1n) is 4.69. The molecule has 0 fully saturated rings. The van der Waals surface area contributed by atoms with Crippen LogP contribution < -0.4 is 11.3 Å². The van der Waals surface area contributed by atoms with Crippen molar-refractivity contribution in [3.63, 3.8) is 0 Å². The minimum Gasteiger partial charge on any atom is -0.480 e. The molecular weight excluding hydrogens is 208 g/mol. The van der Waals surface area contributed by atoms with Crippen LogP contribution in [0.3, 0.4) is 0 Å². The Morgan fingerprint density at radius 1 is 1.38 bits per heavy atom. The highest BCUT2D eigenvalue weighted by Crippen LogP contribution is 2.16. The number of pyridine rings is 1. The molecule has 0 aliphatic heterocycles. The van der Waals surface area contributed by atoms with Gasteiger partial charge in [0.15, 0.2) is 0 Å². The molecule has 1 aromatic carbocycles. The number of rotatable bonds is 2. The van der Waals surface area contributed by atoms with E-state index in [1.807, 2.05) is 0 Å². The van der Waals surface area contributed by atoms with Crippen molar-refractivity contribution in [3.05, 3.63) is 46.4 Å². The summed E-state index contributed by atoms with van der Waals surface area (Å²) in [4.78, 5) is 24.7. The van der Waals surface area contributed by atoms with E-state index in [9.17, 15) is 9.59 Å². The summed E-state index contributed by atoms with van der Waals surface area (Å²) < 4.78 is 0. The number of carboxylic acid groups (broad SMARTS) is 1. The van der Waals surface area contributed by atoms with Crippen LogP contribution in [0.5, 0.6) is 0 Å². The highest BCUT2D eigenvalue weighted by molar-refractivity contribution is 5.84. The average Bonchev–Trinajstić information content (AvgIpc) is 2.28. The first-order chi connectivity index (χ1) is 7.59. The Morgan fingerprint density at radius 2 is 2.12 bits per heavy atom. The number of aromatic amines is 1. The fourth-order valence-corrected chi connectivity index (χ4v) is 1.54. The summed E-state index contributed by atoms with van der Waals surface area (Å²) >= 11 is 0. The normalized spacial score (nSPS) is 12.6. The minimum absolute atomic E-state index is 0.253. The van der Waals surface area contributed by atoms with E-state index in [0.717, 1.165) is 5.39 Å². The maximum atomic E-state index is 11.5. The van der Waals surface area contributed by atoms with E-state index in [4.69, 9.17) is 10.8 Å². The van der Waals surface area contributed by atoms with Crippen molar-refractivity contribution in [3.8, 4) is 0 Å². The number of fused-ring (bicyclic) bond motifs is 1.